The molecule has 4 N–H and O–H groups in total. The summed E-state index contributed by atoms with van der Waals surface area (Å²) in [7, 11) is 0. The third-order valence-electron chi connectivity index (χ3n) is 3.38. The highest BCUT2D eigenvalue weighted by molar-refractivity contribution is 14.0. The normalized spacial score (nSPS) is 13.9. The van der Waals surface area contributed by atoms with Crippen LogP contribution in [0.2, 0.25) is 0 Å². The number of hydrogen-bond acceptors (Lipinski definition) is 3. The smallest absolute Gasteiger partial charge is 0.251 e. The third-order valence-corrected chi connectivity index (χ3v) is 3.38. The molecule has 0 radical (unpaired) electrons. The number of guanidine groups is 1. The van der Waals surface area contributed by atoms with Crippen LogP contribution >= 0.6 is 24.0 Å². The lowest BCUT2D eigenvalue weighted by molar-refractivity contribution is 0.0954. The minimum atomic E-state index is -0.151. The second-order valence-corrected chi connectivity index (χ2v) is 5.39. The van der Waals surface area contributed by atoms with Crippen molar-refractivity contribution in [3.8, 4) is 5.75 Å². The number of hydrogen-bond donors (Lipinski definition) is 4. The number of aliphatic imine (C=N–C) groups is 1. The van der Waals surface area contributed by atoms with Crippen molar-refractivity contribution in [2.24, 2.45) is 10.9 Å². The van der Waals surface area contributed by atoms with Crippen molar-refractivity contribution in [2.75, 3.05) is 26.2 Å². The molecule has 1 saturated carbocycles. The highest BCUT2D eigenvalue weighted by Gasteiger charge is 2.20. The summed E-state index contributed by atoms with van der Waals surface area (Å²) < 4.78 is 0. The highest BCUT2D eigenvalue weighted by Crippen LogP contribution is 2.28. The van der Waals surface area contributed by atoms with Gasteiger partial charge >= 0.3 is 0 Å². The van der Waals surface area contributed by atoms with E-state index in [4.69, 9.17) is 0 Å². The topological polar surface area (TPSA) is 85.8 Å². The van der Waals surface area contributed by atoms with Crippen molar-refractivity contribution in [1.82, 2.24) is 16.0 Å². The van der Waals surface area contributed by atoms with Gasteiger partial charge in [-0.25, -0.2) is 0 Å². The molecule has 0 bridgehead atoms. The number of carbonyl (C=O) groups is 1. The number of nitrogens with zero attached hydrogens (tertiary/aromatic N) is 1. The van der Waals surface area contributed by atoms with Crippen molar-refractivity contribution in [1.29, 1.82) is 0 Å². The Morgan fingerprint density at radius 3 is 2.43 bits per heavy atom. The molecular formula is C16H25IN4O2. The average Bonchev–Trinajstić information content (AvgIpc) is 3.33. The first-order valence-corrected chi connectivity index (χ1v) is 7.78. The molecule has 1 fully saturated rings. The second kappa shape index (κ2) is 10.3. The molecule has 1 aliphatic carbocycles. The lowest BCUT2D eigenvalue weighted by Gasteiger charge is -2.11. The van der Waals surface area contributed by atoms with Gasteiger partial charge in [0.05, 0.1) is 0 Å². The Bertz CT molecular complexity index is 515. The maximum Gasteiger partial charge on any atom is 0.251 e. The zero-order valence-corrected chi connectivity index (χ0v) is 15.7. The van der Waals surface area contributed by atoms with E-state index in [1.165, 1.54) is 25.0 Å². The molecule has 0 heterocycles. The average molecular weight is 432 g/mol. The van der Waals surface area contributed by atoms with Gasteiger partial charge in [-0.05, 0) is 49.9 Å². The predicted molar refractivity (Wildman–Crippen MR) is 103 cm³/mol. The zero-order chi connectivity index (χ0) is 15.8. The van der Waals surface area contributed by atoms with Gasteiger partial charge in [-0.3, -0.25) is 9.79 Å². The molecule has 1 aromatic carbocycles. The first-order valence-electron chi connectivity index (χ1n) is 7.78. The van der Waals surface area contributed by atoms with Gasteiger partial charge < -0.3 is 21.1 Å². The molecule has 128 valence electrons. The molecule has 1 amide bonds. The molecule has 0 aliphatic heterocycles. The summed E-state index contributed by atoms with van der Waals surface area (Å²) >= 11 is 0. The number of rotatable bonds is 7. The lowest BCUT2D eigenvalue weighted by Crippen LogP contribution is -2.41. The van der Waals surface area contributed by atoms with Crippen LogP contribution in [0.25, 0.3) is 0 Å². The van der Waals surface area contributed by atoms with Gasteiger partial charge in [-0.1, -0.05) is 0 Å². The van der Waals surface area contributed by atoms with Crippen molar-refractivity contribution in [2.45, 2.75) is 19.8 Å². The van der Waals surface area contributed by atoms with Gasteiger partial charge in [0.1, 0.15) is 5.75 Å². The predicted octanol–water partition coefficient (Wildman–Crippen LogP) is 1.71. The minimum absolute atomic E-state index is 0. The zero-order valence-electron chi connectivity index (χ0n) is 13.3. The minimum Gasteiger partial charge on any atom is -0.508 e. The van der Waals surface area contributed by atoms with E-state index in [2.05, 4.69) is 20.9 Å². The Morgan fingerprint density at radius 2 is 1.83 bits per heavy atom. The molecule has 6 nitrogen and oxygen atoms in total. The first-order chi connectivity index (χ1) is 10.7. The standard InChI is InChI=1S/C16H24N4O2.HI/c1-2-17-16(20-11-12-3-4-12)19-10-9-18-15(22)13-5-7-14(21)8-6-13;/h5-8,12,21H,2-4,9-11H2,1H3,(H,18,22)(H2,17,19,20);1H. The fraction of sp³-hybridized carbons (Fsp3) is 0.500. The lowest BCUT2D eigenvalue weighted by atomic mass is 10.2. The maximum atomic E-state index is 11.9. The summed E-state index contributed by atoms with van der Waals surface area (Å²) in [5.41, 5.74) is 0.534. The summed E-state index contributed by atoms with van der Waals surface area (Å²) in [6.45, 7) is 4.83. The van der Waals surface area contributed by atoms with Crippen LogP contribution in [0.5, 0.6) is 5.75 Å². The molecule has 0 aromatic heterocycles. The number of amides is 1. The Morgan fingerprint density at radius 1 is 1.17 bits per heavy atom. The second-order valence-electron chi connectivity index (χ2n) is 5.39. The van der Waals surface area contributed by atoms with Crippen LogP contribution in [-0.2, 0) is 0 Å². The molecule has 0 atom stereocenters. The number of halogens is 1. The number of carbonyl (C=O) groups excluding carboxylic acids is 1. The molecular weight excluding hydrogens is 407 g/mol. The Hall–Kier alpha value is -1.51. The van der Waals surface area contributed by atoms with Crippen molar-refractivity contribution >= 4 is 35.8 Å². The summed E-state index contributed by atoms with van der Waals surface area (Å²) in [6, 6.07) is 6.19. The van der Waals surface area contributed by atoms with E-state index in [-0.39, 0.29) is 35.6 Å². The van der Waals surface area contributed by atoms with E-state index in [0.717, 1.165) is 25.0 Å². The van der Waals surface area contributed by atoms with Crippen LogP contribution in [0.3, 0.4) is 0 Å². The number of phenols is 1. The van der Waals surface area contributed by atoms with Crippen LogP contribution in [0.4, 0.5) is 0 Å². The van der Waals surface area contributed by atoms with E-state index in [9.17, 15) is 9.90 Å². The van der Waals surface area contributed by atoms with Crippen molar-refractivity contribution in [3.63, 3.8) is 0 Å². The number of nitrogens with one attached hydrogen (secondary N) is 3. The van der Waals surface area contributed by atoms with E-state index in [0.29, 0.717) is 18.7 Å². The van der Waals surface area contributed by atoms with Crippen LogP contribution in [0, 0.1) is 5.92 Å². The number of benzene rings is 1. The third kappa shape index (κ3) is 7.54. The molecule has 0 saturated heterocycles. The number of phenolic OH excluding ortho intramolecular Hbond substituents is 1. The van der Waals surface area contributed by atoms with Crippen molar-refractivity contribution in [3.05, 3.63) is 29.8 Å². The molecule has 7 heteroatoms. The fourth-order valence-electron chi connectivity index (χ4n) is 1.93. The SMILES string of the molecule is CCNC(=NCC1CC1)NCCNC(=O)c1ccc(O)cc1.I. The monoisotopic (exact) mass is 432 g/mol. The molecule has 0 spiro atoms. The Balaban J connectivity index is 0.00000264. The molecule has 1 aliphatic rings. The Labute approximate surface area is 154 Å². The van der Waals surface area contributed by atoms with Crippen LogP contribution in [-0.4, -0.2) is 43.2 Å². The van der Waals surface area contributed by atoms with Crippen LogP contribution < -0.4 is 16.0 Å². The summed E-state index contributed by atoms with van der Waals surface area (Å²) in [5, 5.41) is 18.4. The van der Waals surface area contributed by atoms with Gasteiger partial charge in [-0.15, -0.1) is 24.0 Å². The van der Waals surface area contributed by atoms with E-state index in [1.54, 1.807) is 12.1 Å². The van der Waals surface area contributed by atoms with Gasteiger partial charge in [0, 0.05) is 31.7 Å². The maximum absolute atomic E-state index is 11.9. The summed E-state index contributed by atoms with van der Waals surface area (Å²) in [4.78, 5) is 16.4. The van der Waals surface area contributed by atoms with E-state index >= 15 is 0 Å². The van der Waals surface area contributed by atoms with Gasteiger partial charge in [-0.2, -0.15) is 0 Å². The van der Waals surface area contributed by atoms with Gasteiger partial charge in [0.2, 0.25) is 0 Å². The first kappa shape index (κ1) is 19.5. The largest absolute Gasteiger partial charge is 0.508 e. The molecule has 1 aromatic rings. The fourth-order valence-corrected chi connectivity index (χ4v) is 1.93. The molecule has 0 unspecified atom stereocenters. The Kier molecular flexibility index (Phi) is 8.75. The van der Waals surface area contributed by atoms with Crippen molar-refractivity contribution < 1.29 is 9.90 Å². The van der Waals surface area contributed by atoms with Crippen LogP contribution in [0.15, 0.2) is 29.3 Å². The van der Waals surface area contributed by atoms with Gasteiger partial charge in [0.15, 0.2) is 5.96 Å². The van der Waals surface area contributed by atoms with E-state index < -0.39 is 0 Å². The van der Waals surface area contributed by atoms with E-state index in [1.807, 2.05) is 6.92 Å². The van der Waals surface area contributed by atoms with Crippen LogP contribution in [0.1, 0.15) is 30.1 Å². The summed E-state index contributed by atoms with van der Waals surface area (Å²) in [6.07, 6.45) is 2.57. The van der Waals surface area contributed by atoms with Gasteiger partial charge in [0.25, 0.3) is 5.91 Å². The summed E-state index contributed by atoms with van der Waals surface area (Å²) in [5.74, 6) is 1.56. The molecule has 2 rings (SSSR count). The quantitative estimate of drug-likeness (QED) is 0.229. The highest BCUT2D eigenvalue weighted by atomic mass is 127. The number of aromatic hydroxyl groups is 1. The molecule has 23 heavy (non-hydrogen) atoms.